The van der Waals surface area contributed by atoms with E-state index in [1.165, 1.54) is 24.3 Å². The zero-order valence-corrected chi connectivity index (χ0v) is 12.9. The fourth-order valence-electron chi connectivity index (χ4n) is 3.38. The molecule has 1 aromatic rings. The summed E-state index contributed by atoms with van der Waals surface area (Å²) in [4.78, 5) is 12.6. The third-order valence-electron chi connectivity index (χ3n) is 4.41. The van der Waals surface area contributed by atoms with Crippen LogP contribution in [-0.4, -0.2) is 5.78 Å². The van der Waals surface area contributed by atoms with Crippen LogP contribution in [0.1, 0.15) is 38.4 Å². The topological polar surface area (TPSA) is 73.9 Å². The quantitative estimate of drug-likeness (QED) is 0.794. The maximum Gasteiger partial charge on any atom is 0.215 e. The number of hydrogen-bond acceptors (Lipinski definition) is 4. The molecular formula is C18H15FN2O2. The summed E-state index contributed by atoms with van der Waals surface area (Å²) in [7, 11) is 0. The zero-order valence-electron chi connectivity index (χ0n) is 12.9. The molecule has 3 rings (SSSR count). The number of Topliss-reactive ketones (excluding diaryl/α,β-unsaturated/α-hetero) is 1. The Kier molecular flexibility index (Phi) is 3.26. The van der Waals surface area contributed by atoms with Crippen molar-refractivity contribution in [1.82, 2.24) is 0 Å². The van der Waals surface area contributed by atoms with Gasteiger partial charge in [-0.1, -0.05) is 26.0 Å². The van der Waals surface area contributed by atoms with Crippen molar-refractivity contribution >= 4 is 5.78 Å². The van der Waals surface area contributed by atoms with E-state index in [-0.39, 0.29) is 23.2 Å². The number of ether oxygens (including phenoxy) is 1. The second kappa shape index (κ2) is 4.93. The van der Waals surface area contributed by atoms with Gasteiger partial charge in [-0.25, -0.2) is 4.39 Å². The van der Waals surface area contributed by atoms with Crippen molar-refractivity contribution in [2.45, 2.75) is 32.8 Å². The van der Waals surface area contributed by atoms with Gasteiger partial charge >= 0.3 is 0 Å². The molecule has 0 radical (unpaired) electrons. The molecule has 1 unspecified atom stereocenters. The van der Waals surface area contributed by atoms with Crippen molar-refractivity contribution < 1.29 is 13.9 Å². The number of carbonyl (C=O) groups is 1. The Hall–Kier alpha value is -2.66. The van der Waals surface area contributed by atoms with E-state index in [0.29, 0.717) is 17.7 Å². The van der Waals surface area contributed by atoms with Crippen LogP contribution in [0.15, 0.2) is 35.6 Å². The summed E-state index contributed by atoms with van der Waals surface area (Å²) in [6, 6.07) is 9.45. The fraction of sp³-hybridized carbons (Fsp3) is 0.389. The van der Waals surface area contributed by atoms with Gasteiger partial charge in [-0.2, -0.15) is 10.5 Å². The highest BCUT2D eigenvalue weighted by molar-refractivity contribution is 6.00. The smallest absolute Gasteiger partial charge is 0.215 e. The van der Waals surface area contributed by atoms with E-state index < -0.39 is 17.3 Å². The lowest BCUT2D eigenvalue weighted by Gasteiger charge is -2.29. The standard InChI is InChI=1S/C18H15FN2O2/c1-17(2)7-13(22)15-14(8-17)23-16(18(15,9-20)10-21)11-3-5-12(19)6-4-11/h3-6,16H,7-8H2,1-2H3. The molecule has 1 aliphatic heterocycles. The molecule has 0 bridgehead atoms. The Morgan fingerprint density at radius 2 is 1.78 bits per heavy atom. The molecule has 0 saturated carbocycles. The van der Waals surface area contributed by atoms with Crippen LogP contribution < -0.4 is 0 Å². The van der Waals surface area contributed by atoms with Crippen LogP contribution >= 0.6 is 0 Å². The predicted octanol–water partition coefficient (Wildman–Crippen LogP) is 3.57. The van der Waals surface area contributed by atoms with E-state index in [2.05, 4.69) is 0 Å². The van der Waals surface area contributed by atoms with E-state index in [1.54, 1.807) is 0 Å². The average molecular weight is 310 g/mol. The lowest BCUT2D eigenvalue weighted by Crippen LogP contribution is -2.32. The normalized spacial score (nSPS) is 24.4. The van der Waals surface area contributed by atoms with Crippen molar-refractivity contribution in [3.8, 4) is 12.1 Å². The molecule has 2 aliphatic rings. The third-order valence-corrected chi connectivity index (χ3v) is 4.41. The van der Waals surface area contributed by atoms with E-state index in [1.807, 2.05) is 26.0 Å². The van der Waals surface area contributed by atoms with Crippen molar-refractivity contribution in [3.05, 3.63) is 47.0 Å². The van der Waals surface area contributed by atoms with Crippen LogP contribution in [0.5, 0.6) is 0 Å². The number of rotatable bonds is 1. The molecule has 1 aliphatic carbocycles. The fourth-order valence-corrected chi connectivity index (χ4v) is 3.38. The molecule has 1 aromatic carbocycles. The molecule has 5 heteroatoms. The maximum atomic E-state index is 13.2. The highest BCUT2D eigenvalue weighted by atomic mass is 19.1. The minimum atomic E-state index is -1.68. The summed E-state index contributed by atoms with van der Waals surface area (Å²) >= 11 is 0. The van der Waals surface area contributed by atoms with Gasteiger partial charge in [0, 0.05) is 12.8 Å². The number of halogens is 1. The molecule has 0 aromatic heterocycles. The van der Waals surface area contributed by atoms with Gasteiger partial charge in [-0.05, 0) is 23.1 Å². The van der Waals surface area contributed by atoms with Gasteiger partial charge in [-0.3, -0.25) is 4.79 Å². The highest BCUT2D eigenvalue weighted by Crippen LogP contribution is 2.56. The minimum absolute atomic E-state index is 0.177. The summed E-state index contributed by atoms with van der Waals surface area (Å²) in [6.45, 7) is 3.90. The molecule has 1 atom stereocenters. The van der Waals surface area contributed by atoms with Gasteiger partial charge in [0.15, 0.2) is 11.9 Å². The van der Waals surface area contributed by atoms with Gasteiger partial charge < -0.3 is 4.74 Å². The predicted molar refractivity (Wildman–Crippen MR) is 78.9 cm³/mol. The monoisotopic (exact) mass is 310 g/mol. The molecule has 0 N–H and O–H groups in total. The minimum Gasteiger partial charge on any atom is -0.486 e. The first-order chi connectivity index (χ1) is 10.8. The molecule has 4 nitrogen and oxygen atoms in total. The molecular weight excluding hydrogens is 295 g/mol. The van der Waals surface area contributed by atoms with Crippen LogP contribution in [0.3, 0.4) is 0 Å². The number of nitrogens with zero attached hydrogens (tertiary/aromatic N) is 2. The molecule has 0 amide bonds. The number of ketones is 1. The number of hydrogen-bond donors (Lipinski definition) is 0. The first-order valence-corrected chi connectivity index (χ1v) is 7.34. The number of benzene rings is 1. The van der Waals surface area contributed by atoms with E-state index in [9.17, 15) is 19.7 Å². The largest absolute Gasteiger partial charge is 0.486 e. The SMILES string of the molecule is CC1(C)CC(=O)C2=C(C1)OC(c1ccc(F)cc1)C2(C#N)C#N. The molecule has 0 fully saturated rings. The van der Waals surface area contributed by atoms with Gasteiger partial charge in [0.25, 0.3) is 0 Å². The van der Waals surface area contributed by atoms with Crippen LogP contribution in [0.2, 0.25) is 0 Å². The van der Waals surface area contributed by atoms with E-state index in [4.69, 9.17) is 4.74 Å². The van der Waals surface area contributed by atoms with Gasteiger partial charge in [0.2, 0.25) is 5.41 Å². The maximum absolute atomic E-state index is 13.2. The second-order valence-electron chi connectivity index (χ2n) is 6.82. The summed E-state index contributed by atoms with van der Waals surface area (Å²) in [5.41, 5.74) is -1.27. The highest BCUT2D eigenvalue weighted by Gasteiger charge is 2.57. The Labute approximate surface area is 133 Å². The molecule has 116 valence electrons. The van der Waals surface area contributed by atoms with Crippen molar-refractivity contribution in [1.29, 1.82) is 10.5 Å². The first kappa shape index (κ1) is 15.2. The van der Waals surface area contributed by atoms with Gasteiger partial charge in [0.1, 0.15) is 11.6 Å². The van der Waals surface area contributed by atoms with Gasteiger partial charge in [0.05, 0.1) is 17.7 Å². The van der Waals surface area contributed by atoms with E-state index in [0.717, 1.165) is 0 Å². The van der Waals surface area contributed by atoms with Crippen molar-refractivity contribution in [3.63, 3.8) is 0 Å². The lowest BCUT2D eigenvalue weighted by atomic mass is 9.68. The van der Waals surface area contributed by atoms with Crippen LogP contribution in [-0.2, 0) is 9.53 Å². The third kappa shape index (κ3) is 2.21. The van der Waals surface area contributed by atoms with Crippen molar-refractivity contribution in [2.75, 3.05) is 0 Å². The average Bonchev–Trinajstić information content (AvgIpc) is 2.81. The molecule has 23 heavy (non-hydrogen) atoms. The summed E-state index contributed by atoms with van der Waals surface area (Å²) in [6.07, 6.45) is -0.145. The lowest BCUT2D eigenvalue weighted by molar-refractivity contribution is -0.118. The Bertz CT molecular complexity index is 780. The van der Waals surface area contributed by atoms with Crippen LogP contribution in [0.25, 0.3) is 0 Å². The Balaban J connectivity index is 2.13. The molecule has 0 spiro atoms. The summed E-state index contributed by atoms with van der Waals surface area (Å²) in [5, 5.41) is 19.4. The van der Waals surface area contributed by atoms with Crippen LogP contribution in [0.4, 0.5) is 4.39 Å². The first-order valence-electron chi connectivity index (χ1n) is 7.34. The Morgan fingerprint density at radius 1 is 1.17 bits per heavy atom. The van der Waals surface area contributed by atoms with Gasteiger partial charge in [-0.15, -0.1) is 0 Å². The summed E-state index contributed by atoms with van der Waals surface area (Å²) in [5.74, 6) is -0.214. The Morgan fingerprint density at radius 3 is 2.35 bits per heavy atom. The number of allylic oxidation sites excluding steroid dienone is 1. The number of carbonyl (C=O) groups excluding carboxylic acids is 1. The molecule has 0 saturated heterocycles. The molecule has 1 heterocycles. The van der Waals surface area contributed by atoms with Crippen molar-refractivity contribution in [2.24, 2.45) is 10.8 Å². The van der Waals surface area contributed by atoms with E-state index >= 15 is 0 Å². The summed E-state index contributed by atoms with van der Waals surface area (Å²) < 4.78 is 19.0. The number of nitriles is 2. The second-order valence-corrected chi connectivity index (χ2v) is 6.82. The van der Waals surface area contributed by atoms with Crippen LogP contribution in [0, 0.1) is 39.3 Å². The zero-order chi connectivity index (χ0) is 16.8.